The van der Waals surface area contributed by atoms with E-state index < -0.39 is 0 Å². The molecule has 3 N–H and O–H groups in total. The third-order valence-corrected chi connectivity index (χ3v) is 4.78. The molecule has 0 saturated heterocycles. The SMILES string of the molecule is O=C(CCc1cccs1)NCCCNc1n[nH]c(=O)c2ccccc12. The summed E-state index contributed by atoms with van der Waals surface area (Å²) in [5.74, 6) is 0.722. The number of aromatic amines is 1. The molecule has 3 aromatic rings. The third kappa shape index (κ3) is 4.67. The maximum atomic E-state index is 11.8. The van der Waals surface area contributed by atoms with Crippen molar-refractivity contribution in [3.05, 3.63) is 57.0 Å². The van der Waals surface area contributed by atoms with E-state index in [4.69, 9.17) is 0 Å². The summed E-state index contributed by atoms with van der Waals surface area (Å²) in [5.41, 5.74) is -0.195. The Hall–Kier alpha value is -2.67. The molecule has 0 aliphatic rings. The zero-order chi connectivity index (χ0) is 17.5. The van der Waals surface area contributed by atoms with Gasteiger partial charge in [-0.1, -0.05) is 24.3 Å². The highest BCUT2D eigenvalue weighted by atomic mass is 32.1. The summed E-state index contributed by atoms with van der Waals surface area (Å²) in [6, 6.07) is 11.4. The lowest BCUT2D eigenvalue weighted by molar-refractivity contribution is -0.121. The fourth-order valence-electron chi connectivity index (χ4n) is 2.55. The molecule has 0 unspecified atom stereocenters. The number of hydrogen-bond acceptors (Lipinski definition) is 5. The van der Waals surface area contributed by atoms with Gasteiger partial charge < -0.3 is 10.6 Å². The number of aryl methyl sites for hydroxylation is 1. The Kier molecular flexibility index (Phi) is 5.79. The number of anilines is 1. The van der Waals surface area contributed by atoms with Gasteiger partial charge in [-0.15, -0.1) is 11.3 Å². The smallest absolute Gasteiger partial charge is 0.272 e. The van der Waals surface area contributed by atoms with Crippen molar-refractivity contribution in [3.63, 3.8) is 0 Å². The normalized spacial score (nSPS) is 10.7. The topological polar surface area (TPSA) is 86.9 Å². The Labute approximate surface area is 149 Å². The molecule has 2 aromatic heterocycles. The fraction of sp³-hybridized carbons (Fsp3) is 0.278. The minimum Gasteiger partial charge on any atom is -0.368 e. The Morgan fingerprint density at radius 2 is 1.96 bits per heavy atom. The standard InChI is InChI=1S/C18H20N4O2S/c23-16(9-8-13-5-3-12-25-13)19-10-4-11-20-17-14-6-1-2-7-15(14)18(24)22-21-17/h1-3,5-7,12H,4,8-11H2,(H,19,23)(H,20,21)(H,22,24). The van der Waals surface area contributed by atoms with Crippen LogP contribution in [-0.2, 0) is 11.2 Å². The van der Waals surface area contributed by atoms with Crippen LogP contribution in [0.25, 0.3) is 10.8 Å². The van der Waals surface area contributed by atoms with E-state index in [2.05, 4.69) is 20.8 Å². The summed E-state index contributed by atoms with van der Waals surface area (Å²) >= 11 is 1.67. The zero-order valence-electron chi connectivity index (χ0n) is 13.7. The number of carbonyl (C=O) groups excluding carboxylic acids is 1. The number of carbonyl (C=O) groups is 1. The summed E-state index contributed by atoms with van der Waals surface area (Å²) in [5, 5.41) is 16.1. The highest BCUT2D eigenvalue weighted by Crippen LogP contribution is 2.16. The van der Waals surface area contributed by atoms with Gasteiger partial charge in [-0.05, 0) is 30.4 Å². The number of fused-ring (bicyclic) bond motifs is 1. The summed E-state index contributed by atoms with van der Waals surface area (Å²) in [4.78, 5) is 24.8. The van der Waals surface area contributed by atoms with Crippen molar-refractivity contribution in [3.8, 4) is 0 Å². The maximum absolute atomic E-state index is 11.8. The van der Waals surface area contributed by atoms with E-state index in [-0.39, 0.29) is 11.5 Å². The Morgan fingerprint density at radius 1 is 1.12 bits per heavy atom. The van der Waals surface area contributed by atoms with Gasteiger partial charge in [0.15, 0.2) is 5.82 Å². The average molecular weight is 356 g/mol. The molecule has 25 heavy (non-hydrogen) atoms. The quantitative estimate of drug-likeness (QED) is 0.541. The lowest BCUT2D eigenvalue weighted by Crippen LogP contribution is -2.26. The molecule has 0 spiro atoms. The second kappa shape index (κ2) is 8.43. The van der Waals surface area contributed by atoms with Gasteiger partial charge >= 0.3 is 0 Å². The predicted molar refractivity (Wildman–Crippen MR) is 101 cm³/mol. The Bertz CT molecular complexity index is 889. The van der Waals surface area contributed by atoms with E-state index in [0.717, 1.165) is 18.2 Å². The van der Waals surface area contributed by atoms with Crippen LogP contribution in [-0.4, -0.2) is 29.2 Å². The van der Waals surface area contributed by atoms with Crippen LogP contribution in [0.4, 0.5) is 5.82 Å². The van der Waals surface area contributed by atoms with E-state index in [1.54, 1.807) is 17.4 Å². The van der Waals surface area contributed by atoms with E-state index in [1.165, 1.54) is 4.88 Å². The van der Waals surface area contributed by atoms with Crippen LogP contribution in [0.3, 0.4) is 0 Å². The number of thiophene rings is 1. The van der Waals surface area contributed by atoms with E-state index in [9.17, 15) is 9.59 Å². The van der Waals surface area contributed by atoms with Gasteiger partial charge in [-0.2, -0.15) is 5.10 Å². The van der Waals surface area contributed by atoms with Crippen LogP contribution in [0.15, 0.2) is 46.6 Å². The van der Waals surface area contributed by atoms with E-state index in [0.29, 0.717) is 30.7 Å². The molecule has 3 rings (SSSR count). The maximum Gasteiger partial charge on any atom is 0.272 e. The lowest BCUT2D eigenvalue weighted by Gasteiger charge is -2.08. The monoisotopic (exact) mass is 356 g/mol. The molecule has 7 heteroatoms. The second-order valence-corrected chi connectivity index (χ2v) is 6.69. The first-order valence-corrected chi connectivity index (χ1v) is 9.12. The first-order valence-electron chi connectivity index (χ1n) is 8.24. The van der Waals surface area contributed by atoms with Crippen LogP contribution in [0, 0.1) is 0 Å². The third-order valence-electron chi connectivity index (χ3n) is 3.84. The van der Waals surface area contributed by atoms with Crippen molar-refractivity contribution in [2.45, 2.75) is 19.3 Å². The van der Waals surface area contributed by atoms with Gasteiger partial charge in [-0.3, -0.25) is 9.59 Å². The van der Waals surface area contributed by atoms with Crippen LogP contribution < -0.4 is 16.2 Å². The number of hydrogen-bond donors (Lipinski definition) is 3. The number of nitrogens with one attached hydrogen (secondary N) is 3. The van der Waals surface area contributed by atoms with Gasteiger partial charge in [-0.25, -0.2) is 5.10 Å². The summed E-state index contributed by atoms with van der Waals surface area (Å²) in [7, 11) is 0. The molecule has 0 aliphatic carbocycles. The minimum absolute atomic E-state index is 0.0704. The van der Waals surface area contributed by atoms with Gasteiger partial charge in [0.25, 0.3) is 5.56 Å². The van der Waals surface area contributed by atoms with E-state index in [1.807, 2.05) is 35.7 Å². The predicted octanol–water partition coefficient (Wildman–Crippen LogP) is 2.54. The number of amides is 1. The fourth-order valence-corrected chi connectivity index (χ4v) is 3.26. The molecule has 6 nitrogen and oxygen atoms in total. The molecule has 130 valence electrons. The van der Waals surface area contributed by atoms with Crippen LogP contribution >= 0.6 is 11.3 Å². The Balaban J connectivity index is 1.41. The van der Waals surface area contributed by atoms with Crippen molar-refractivity contribution in [2.75, 3.05) is 18.4 Å². The molecular formula is C18H20N4O2S. The van der Waals surface area contributed by atoms with Crippen molar-refractivity contribution < 1.29 is 4.79 Å². The molecule has 0 fully saturated rings. The van der Waals surface area contributed by atoms with Crippen LogP contribution in [0.1, 0.15) is 17.7 Å². The first-order chi connectivity index (χ1) is 12.2. The Morgan fingerprint density at radius 3 is 2.76 bits per heavy atom. The van der Waals surface area contributed by atoms with E-state index >= 15 is 0 Å². The number of aromatic nitrogens is 2. The largest absolute Gasteiger partial charge is 0.368 e. The van der Waals surface area contributed by atoms with Crippen molar-refractivity contribution >= 4 is 33.8 Å². The summed E-state index contributed by atoms with van der Waals surface area (Å²) in [6.07, 6.45) is 2.08. The molecule has 2 heterocycles. The molecule has 0 saturated carbocycles. The van der Waals surface area contributed by atoms with Gasteiger partial charge in [0, 0.05) is 29.8 Å². The first kappa shape index (κ1) is 17.2. The summed E-state index contributed by atoms with van der Waals surface area (Å²) < 4.78 is 0. The highest BCUT2D eigenvalue weighted by molar-refractivity contribution is 7.09. The molecule has 0 radical (unpaired) electrons. The van der Waals surface area contributed by atoms with Gasteiger partial charge in [0.05, 0.1) is 5.39 Å². The van der Waals surface area contributed by atoms with Gasteiger partial charge in [0.1, 0.15) is 0 Å². The highest BCUT2D eigenvalue weighted by Gasteiger charge is 2.05. The van der Waals surface area contributed by atoms with Crippen LogP contribution in [0.5, 0.6) is 0 Å². The minimum atomic E-state index is -0.195. The molecular weight excluding hydrogens is 336 g/mol. The number of nitrogens with zero attached hydrogens (tertiary/aromatic N) is 1. The van der Waals surface area contributed by atoms with Crippen LogP contribution in [0.2, 0.25) is 0 Å². The zero-order valence-corrected chi connectivity index (χ0v) is 14.6. The summed E-state index contributed by atoms with van der Waals surface area (Å²) in [6.45, 7) is 1.27. The van der Waals surface area contributed by atoms with Crippen molar-refractivity contribution in [1.29, 1.82) is 0 Å². The molecule has 0 bridgehead atoms. The van der Waals surface area contributed by atoms with Crippen molar-refractivity contribution in [2.24, 2.45) is 0 Å². The average Bonchev–Trinajstić information content (AvgIpc) is 3.15. The lowest BCUT2D eigenvalue weighted by atomic mass is 10.2. The molecule has 0 aliphatic heterocycles. The number of H-pyrrole nitrogens is 1. The number of rotatable bonds is 8. The number of benzene rings is 1. The van der Waals surface area contributed by atoms with Crippen molar-refractivity contribution in [1.82, 2.24) is 15.5 Å². The molecule has 1 aromatic carbocycles. The molecule has 1 amide bonds. The second-order valence-electron chi connectivity index (χ2n) is 5.66. The molecule has 0 atom stereocenters. The van der Waals surface area contributed by atoms with Gasteiger partial charge in [0.2, 0.25) is 5.91 Å².